The fraction of sp³-hybridized carbons (Fsp3) is 0.250. The maximum Gasteiger partial charge on any atom is 0.338 e. The van der Waals surface area contributed by atoms with Crippen LogP contribution in [0.5, 0.6) is 5.75 Å². The summed E-state index contributed by atoms with van der Waals surface area (Å²) in [4.78, 5) is 16.2. The van der Waals surface area contributed by atoms with E-state index in [1.165, 1.54) is 13.2 Å². The van der Waals surface area contributed by atoms with Gasteiger partial charge in [-0.3, -0.25) is 4.98 Å². The molecule has 154 valence electrons. The number of pyridine rings is 1. The molecule has 0 fully saturated rings. The van der Waals surface area contributed by atoms with Gasteiger partial charge in [-0.15, -0.1) is 0 Å². The Balaban J connectivity index is 1.57. The maximum atomic E-state index is 13.8. The topological polar surface area (TPSA) is 48.4 Å². The first kappa shape index (κ1) is 20.4. The van der Waals surface area contributed by atoms with Crippen LogP contribution in [-0.4, -0.2) is 24.7 Å². The highest BCUT2D eigenvalue weighted by Gasteiger charge is 2.23. The largest absolute Gasteiger partial charge is 0.493 e. The molecule has 4 nitrogen and oxygen atoms in total. The van der Waals surface area contributed by atoms with Crippen molar-refractivity contribution in [3.8, 4) is 16.9 Å². The number of hydrogen-bond donors (Lipinski definition) is 0. The molecule has 0 saturated heterocycles. The molecule has 0 spiro atoms. The van der Waals surface area contributed by atoms with Crippen LogP contribution in [0.25, 0.3) is 11.1 Å². The van der Waals surface area contributed by atoms with Gasteiger partial charge in [0, 0.05) is 18.0 Å². The molecule has 0 radical (unpaired) electrons. The Morgan fingerprint density at radius 1 is 1.30 bits per heavy atom. The van der Waals surface area contributed by atoms with E-state index in [4.69, 9.17) is 21.1 Å². The molecule has 6 heteroatoms. The van der Waals surface area contributed by atoms with E-state index in [-0.39, 0.29) is 16.9 Å². The van der Waals surface area contributed by atoms with Crippen molar-refractivity contribution in [1.82, 2.24) is 4.98 Å². The molecule has 0 aliphatic carbocycles. The van der Waals surface area contributed by atoms with Crippen LogP contribution in [-0.2, 0) is 11.2 Å². The molecular formula is C24H21ClFNO3. The van der Waals surface area contributed by atoms with E-state index >= 15 is 0 Å². The van der Waals surface area contributed by atoms with E-state index in [0.717, 1.165) is 35.3 Å². The van der Waals surface area contributed by atoms with Gasteiger partial charge in [-0.2, -0.15) is 0 Å². The second kappa shape index (κ2) is 8.84. The first-order chi connectivity index (χ1) is 14.6. The van der Waals surface area contributed by atoms with Gasteiger partial charge < -0.3 is 9.47 Å². The van der Waals surface area contributed by atoms with Crippen molar-refractivity contribution in [1.29, 1.82) is 0 Å². The Kier molecular flexibility index (Phi) is 6.00. The molecule has 1 aliphatic rings. The van der Waals surface area contributed by atoms with Gasteiger partial charge in [-0.1, -0.05) is 35.9 Å². The predicted octanol–water partition coefficient (Wildman–Crippen LogP) is 5.83. The Bertz CT molecular complexity index is 1090. The molecule has 0 amide bonds. The van der Waals surface area contributed by atoms with Crippen molar-refractivity contribution >= 4 is 17.6 Å². The predicted molar refractivity (Wildman–Crippen MR) is 114 cm³/mol. The molecule has 0 bridgehead atoms. The van der Waals surface area contributed by atoms with Crippen LogP contribution in [0, 0.1) is 5.82 Å². The zero-order chi connectivity index (χ0) is 21.1. The molecule has 1 aromatic heterocycles. The number of fused-ring (bicyclic) bond motifs is 1. The molecule has 30 heavy (non-hydrogen) atoms. The number of methoxy groups -OCH3 is 1. The number of aryl methyl sites for hydroxylation is 1. The van der Waals surface area contributed by atoms with Crippen LogP contribution >= 0.6 is 11.6 Å². The van der Waals surface area contributed by atoms with Crippen molar-refractivity contribution in [3.63, 3.8) is 0 Å². The molecule has 2 heterocycles. The quantitative estimate of drug-likeness (QED) is 0.483. The highest BCUT2D eigenvalue weighted by Crippen LogP contribution is 2.40. The number of hydrogen-bond acceptors (Lipinski definition) is 4. The van der Waals surface area contributed by atoms with Gasteiger partial charge in [0.2, 0.25) is 0 Å². The standard InChI is InChI=1S/C24H21ClFNO3/c1-29-24(28)20-9-11-27-14-17(20)6-5-15-10-12-30-22-13-16(7-8-18(15)22)19-3-2-4-21(26)23(19)25/h2-4,7-9,11,13-15H,5-6,10,12H2,1H3/t15-/m1/s1. The van der Waals surface area contributed by atoms with Crippen molar-refractivity contribution in [2.45, 2.75) is 25.2 Å². The number of halogens is 2. The number of ether oxygens (including phenoxy) is 2. The molecular weight excluding hydrogens is 405 g/mol. The highest BCUT2D eigenvalue weighted by molar-refractivity contribution is 6.33. The van der Waals surface area contributed by atoms with E-state index in [2.05, 4.69) is 4.98 Å². The Labute approximate surface area is 179 Å². The number of benzene rings is 2. The van der Waals surface area contributed by atoms with Crippen LogP contribution in [0.1, 0.15) is 40.2 Å². The van der Waals surface area contributed by atoms with E-state index in [1.54, 1.807) is 30.6 Å². The minimum Gasteiger partial charge on any atom is -0.493 e. The Morgan fingerprint density at radius 3 is 3.00 bits per heavy atom. The highest BCUT2D eigenvalue weighted by atomic mass is 35.5. The van der Waals surface area contributed by atoms with E-state index in [1.807, 2.05) is 18.2 Å². The summed E-state index contributed by atoms with van der Waals surface area (Å²) in [6, 6.07) is 12.4. The number of carbonyl (C=O) groups excluding carboxylic acids is 1. The van der Waals surface area contributed by atoms with Gasteiger partial charge >= 0.3 is 5.97 Å². The van der Waals surface area contributed by atoms with E-state index < -0.39 is 5.82 Å². The van der Waals surface area contributed by atoms with Gasteiger partial charge in [-0.25, -0.2) is 9.18 Å². The van der Waals surface area contributed by atoms with E-state index in [9.17, 15) is 9.18 Å². The van der Waals surface area contributed by atoms with Crippen LogP contribution in [0.2, 0.25) is 5.02 Å². The average molecular weight is 426 g/mol. The lowest BCUT2D eigenvalue weighted by Crippen LogP contribution is -2.15. The number of nitrogens with zero attached hydrogens (tertiary/aromatic N) is 1. The lowest BCUT2D eigenvalue weighted by Gasteiger charge is -2.27. The normalized spacial score (nSPS) is 15.2. The number of aromatic nitrogens is 1. The van der Waals surface area contributed by atoms with Gasteiger partial charge in [-0.05, 0) is 60.1 Å². The summed E-state index contributed by atoms with van der Waals surface area (Å²) in [5.74, 6) is 0.292. The number of esters is 1. The molecule has 3 aromatic rings. The smallest absolute Gasteiger partial charge is 0.338 e. The summed E-state index contributed by atoms with van der Waals surface area (Å²) in [5.41, 5.74) is 4.00. The summed E-state index contributed by atoms with van der Waals surface area (Å²) in [6.45, 7) is 0.606. The molecule has 1 atom stereocenters. The van der Waals surface area contributed by atoms with Gasteiger partial charge in [0.25, 0.3) is 0 Å². The van der Waals surface area contributed by atoms with Gasteiger partial charge in [0.1, 0.15) is 11.6 Å². The summed E-state index contributed by atoms with van der Waals surface area (Å²) < 4.78 is 24.6. The first-order valence-corrected chi connectivity index (χ1v) is 10.2. The number of carbonyl (C=O) groups is 1. The van der Waals surface area contributed by atoms with Crippen molar-refractivity contribution in [2.24, 2.45) is 0 Å². The fourth-order valence-electron chi connectivity index (χ4n) is 3.92. The zero-order valence-corrected chi connectivity index (χ0v) is 17.3. The third-order valence-electron chi connectivity index (χ3n) is 5.51. The summed E-state index contributed by atoms with van der Waals surface area (Å²) >= 11 is 6.15. The van der Waals surface area contributed by atoms with Crippen molar-refractivity contribution < 1.29 is 18.7 Å². The van der Waals surface area contributed by atoms with E-state index in [0.29, 0.717) is 24.2 Å². The third-order valence-corrected chi connectivity index (χ3v) is 5.90. The maximum absolute atomic E-state index is 13.8. The summed E-state index contributed by atoms with van der Waals surface area (Å²) in [7, 11) is 1.38. The minimum atomic E-state index is -0.441. The molecule has 2 aromatic carbocycles. The molecule has 0 saturated carbocycles. The molecule has 0 unspecified atom stereocenters. The first-order valence-electron chi connectivity index (χ1n) is 9.81. The lowest BCUT2D eigenvalue weighted by molar-refractivity contribution is 0.0599. The third kappa shape index (κ3) is 4.03. The molecule has 4 rings (SSSR count). The van der Waals surface area contributed by atoms with Crippen LogP contribution in [0.15, 0.2) is 54.9 Å². The second-order valence-corrected chi connectivity index (χ2v) is 7.63. The van der Waals surface area contributed by atoms with Crippen molar-refractivity contribution in [2.75, 3.05) is 13.7 Å². The molecule has 1 aliphatic heterocycles. The van der Waals surface area contributed by atoms with Crippen LogP contribution in [0.4, 0.5) is 4.39 Å². The monoisotopic (exact) mass is 425 g/mol. The lowest BCUT2D eigenvalue weighted by atomic mass is 9.86. The second-order valence-electron chi connectivity index (χ2n) is 7.25. The van der Waals surface area contributed by atoms with Gasteiger partial charge in [0.15, 0.2) is 0 Å². The van der Waals surface area contributed by atoms with Gasteiger partial charge in [0.05, 0.1) is 24.3 Å². The van der Waals surface area contributed by atoms with Crippen molar-refractivity contribution in [3.05, 3.63) is 82.4 Å². The summed E-state index contributed by atoms with van der Waals surface area (Å²) in [6.07, 6.45) is 5.77. The Hall–Kier alpha value is -2.92. The Morgan fingerprint density at radius 2 is 2.17 bits per heavy atom. The minimum absolute atomic E-state index is 0.108. The van der Waals surface area contributed by atoms with Crippen LogP contribution in [0.3, 0.4) is 0 Å². The average Bonchev–Trinajstić information content (AvgIpc) is 2.78. The summed E-state index contributed by atoms with van der Waals surface area (Å²) in [5, 5.41) is 0.108. The number of rotatable bonds is 5. The van der Waals surface area contributed by atoms with Crippen LogP contribution < -0.4 is 4.74 Å². The molecule has 0 N–H and O–H groups in total. The fourth-order valence-corrected chi connectivity index (χ4v) is 4.16. The SMILES string of the molecule is COC(=O)c1ccncc1CC[C@@H]1CCOc2cc(-c3cccc(F)c3Cl)ccc21. The zero-order valence-electron chi connectivity index (χ0n) is 16.5.